The summed E-state index contributed by atoms with van der Waals surface area (Å²) in [7, 11) is 0. The third-order valence-corrected chi connectivity index (χ3v) is 18.7. The Bertz CT molecular complexity index is 4760. The molecule has 0 saturated heterocycles. The minimum absolute atomic E-state index is 0.0365. The van der Waals surface area contributed by atoms with Gasteiger partial charge in [0, 0.05) is 63.6 Å². The van der Waals surface area contributed by atoms with Crippen molar-refractivity contribution in [2.75, 3.05) is 0 Å². The van der Waals surface area contributed by atoms with E-state index in [-0.39, 0.29) is 34.6 Å². The fraction of sp³-hybridized carbons (Fsp3) is 0.0769. The van der Waals surface area contributed by atoms with Crippen LogP contribution in [0.3, 0.4) is 0 Å². The molecule has 0 bridgehead atoms. The number of hydrogen-bond donors (Lipinski definition) is 3. The van der Waals surface area contributed by atoms with Crippen LogP contribution in [-0.2, 0) is 28.6 Å². The molecule has 18 heteroatoms. The van der Waals surface area contributed by atoms with E-state index in [4.69, 9.17) is 14.2 Å². The number of fused-ring (bicyclic) bond motifs is 3. The van der Waals surface area contributed by atoms with E-state index in [1.165, 1.54) is 52.8 Å². The average Bonchev–Trinajstić information content (AvgIpc) is 1.63. The average molecular weight is 1330 g/mol. The Hall–Kier alpha value is -11.7. The normalized spacial score (nSPS) is 11.1. The number of ketones is 3. The van der Waals surface area contributed by atoms with Crippen LogP contribution in [0, 0.1) is 41.5 Å². The third-order valence-electron chi connectivity index (χ3n) is 15.2. The summed E-state index contributed by atoms with van der Waals surface area (Å²) in [6.07, 6.45) is 7.21. The number of aryl methyl sites for hydroxylation is 6. The Morgan fingerprint density at radius 1 is 0.344 bits per heavy atom. The van der Waals surface area contributed by atoms with Crippen molar-refractivity contribution in [1.82, 2.24) is 0 Å². The minimum atomic E-state index is -0.0486. The maximum Gasteiger partial charge on any atom is 0.298 e. The first-order chi connectivity index (χ1) is 46.4. The molecule has 3 heterocycles. The van der Waals surface area contributed by atoms with Crippen molar-refractivity contribution < 1.29 is 72.5 Å². The molecule has 0 radical (unpaired) electrons. The highest BCUT2D eigenvalue weighted by atomic mass is 32.1. The Labute approximate surface area is 563 Å². The quantitative estimate of drug-likeness (QED) is 0.0264. The SMILES string of the molecule is Cc1ccc(C(=O)c2sc3cc(O)ccc3c2-c2ccc(O/C=C/OC=O)cc2)c(C)c1.Cc1ccc(C(=O)c2sc3cc(O)ccc3c2-c2ccc(O/C=C/OC=O)cc2)c(C)c1.Cc1cccc(C)c1C(=O)c1sc2cc(O)ccc2c1-c1ccc(O/C=C/OC=O)cc1. The Morgan fingerprint density at radius 2 is 0.656 bits per heavy atom. The van der Waals surface area contributed by atoms with Crippen molar-refractivity contribution in [2.24, 2.45) is 0 Å². The van der Waals surface area contributed by atoms with E-state index in [1.807, 2.05) is 151 Å². The maximum atomic E-state index is 13.7. The lowest BCUT2D eigenvalue weighted by Crippen LogP contribution is -2.05. The summed E-state index contributed by atoms with van der Waals surface area (Å²) in [6.45, 7) is 12.7. The lowest BCUT2D eigenvalue weighted by Gasteiger charge is -2.10. The minimum Gasteiger partial charge on any atom is -0.508 e. The molecule has 12 rings (SSSR count). The molecule has 0 atom stereocenters. The molecule has 0 aliphatic rings. The molecule has 3 aromatic heterocycles. The van der Waals surface area contributed by atoms with E-state index < -0.39 is 0 Å². The van der Waals surface area contributed by atoms with Crippen molar-refractivity contribution in [3.63, 3.8) is 0 Å². The number of carbonyl (C=O) groups is 6. The smallest absolute Gasteiger partial charge is 0.298 e. The van der Waals surface area contributed by atoms with Crippen molar-refractivity contribution in [3.8, 4) is 67.9 Å². The number of ether oxygens (including phenoxy) is 6. The first-order valence-corrected chi connectivity index (χ1v) is 32.0. The van der Waals surface area contributed by atoms with Gasteiger partial charge in [-0.1, -0.05) is 102 Å². The fourth-order valence-corrected chi connectivity index (χ4v) is 14.5. The summed E-state index contributed by atoms with van der Waals surface area (Å²) in [5.41, 5.74) is 13.0. The molecule has 0 aliphatic heterocycles. The summed E-state index contributed by atoms with van der Waals surface area (Å²) < 4.78 is 32.1. The molecule has 0 saturated carbocycles. The number of aromatic hydroxyl groups is 3. The summed E-state index contributed by atoms with van der Waals surface area (Å²) in [4.78, 5) is 73.2. The number of phenols is 3. The van der Waals surface area contributed by atoms with Crippen LogP contribution in [0.1, 0.15) is 79.1 Å². The molecule has 0 aliphatic carbocycles. The van der Waals surface area contributed by atoms with Gasteiger partial charge in [-0.15, -0.1) is 34.0 Å². The largest absolute Gasteiger partial charge is 0.508 e. The van der Waals surface area contributed by atoms with Gasteiger partial charge in [0.1, 0.15) is 72.1 Å². The van der Waals surface area contributed by atoms with Gasteiger partial charge in [0.2, 0.25) is 17.3 Å². The van der Waals surface area contributed by atoms with Crippen LogP contribution in [-0.4, -0.2) is 52.1 Å². The molecule has 0 spiro atoms. The van der Waals surface area contributed by atoms with E-state index >= 15 is 0 Å². The molecule has 0 unspecified atom stereocenters. The van der Waals surface area contributed by atoms with Gasteiger partial charge >= 0.3 is 0 Å². The first-order valence-electron chi connectivity index (χ1n) is 29.6. The summed E-state index contributed by atoms with van der Waals surface area (Å²) in [5, 5.41) is 32.6. The van der Waals surface area contributed by atoms with Crippen molar-refractivity contribution in [3.05, 3.63) is 284 Å². The van der Waals surface area contributed by atoms with Gasteiger partial charge < -0.3 is 43.7 Å². The molecule has 3 N–H and O–H groups in total. The molecular formula is C78H60O15S3. The van der Waals surface area contributed by atoms with E-state index in [9.17, 15) is 44.1 Å². The molecule has 96 heavy (non-hydrogen) atoms. The van der Waals surface area contributed by atoms with E-state index in [0.29, 0.717) is 68.0 Å². The highest BCUT2D eigenvalue weighted by Crippen LogP contribution is 2.45. The highest BCUT2D eigenvalue weighted by Gasteiger charge is 2.27. The summed E-state index contributed by atoms with van der Waals surface area (Å²) in [6, 6.07) is 54.7. The van der Waals surface area contributed by atoms with Gasteiger partial charge in [0.05, 0.1) is 14.6 Å². The second kappa shape index (κ2) is 30.8. The molecule has 0 amide bonds. The van der Waals surface area contributed by atoms with Crippen LogP contribution in [0.5, 0.6) is 34.5 Å². The van der Waals surface area contributed by atoms with Crippen molar-refractivity contribution in [1.29, 1.82) is 0 Å². The highest BCUT2D eigenvalue weighted by molar-refractivity contribution is 7.22. The zero-order chi connectivity index (χ0) is 68.0. The van der Waals surface area contributed by atoms with Crippen molar-refractivity contribution >= 4 is 101 Å². The molecule has 9 aromatic carbocycles. The number of hydrogen-bond acceptors (Lipinski definition) is 18. The van der Waals surface area contributed by atoms with Crippen molar-refractivity contribution in [2.45, 2.75) is 41.5 Å². The number of rotatable bonds is 21. The fourth-order valence-electron chi connectivity index (χ4n) is 10.9. The van der Waals surface area contributed by atoms with Gasteiger partial charge in [0.15, 0.2) is 0 Å². The van der Waals surface area contributed by atoms with Gasteiger partial charge in [0.25, 0.3) is 19.4 Å². The zero-order valence-electron chi connectivity index (χ0n) is 52.5. The predicted molar refractivity (Wildman–Crippen MR) is 376 cm³/mol. The Balaban J connectivity index is 0.000000157. The summed E-state index contributed by atoms with van der Waals surface area (Å²) >= 11 is 4.12. The number of thiophene rings is 3. The predicted octanol–water partition coefficient (Wildman–Crippen LogP) is 18.4. The van der Waals surface area contributed by atoms with E-state index in [0.717, 1.165) is 116 Å². The summed E-state index contributed by atoms with van der Waals surface area (Å²) in [5.74, 6) is 2.00. The third kappa shape index (κ3) is 15.5. The van der Waals surface area contributed by atoms with E-state index in [1.54, 1.807) is 72.8 Å². The first kappa shape index (κ1) is 67.2. The van der Waals surface area contributed by atoms with Crippen LogP contribution in [0.25, 0.3) is 63.6 Å². The Morgan fingerprint density at radius 3 is 0.958 bits per heavy atom. The topological polar surface area (TPSA) is 218 Å². The molecule has 12 aromatic rings. The second-order valence-corrected chi connectivity index (χ2v) is 24.9. The lowest BCUT2D eigenvalue weighted by molar-refractivity contribution is -0.124. The number of benzene rings is 9. The van der Waals surface area contributed by atoms with Gasteiger partial charge in [-0.2, -0.15) is 0 Å². The second-order valence-electron chi connectivity index (χ2n) is 21.8. The zero-order valence-corrected chi connectivity index (χ0v) is 54.9. The van der Waals surface area contributed by atoms with Gasteiger partial charge in [-0.25, -0.2) is 0 Å². The van der Waals surface area contributed by atoms with Gasteiger partial charge in [-0.05, 0) is 171 Å². The van der Waals surface area contributed by atoms with Crippen LogP contribution in [0.15, 0.2) is 220 Å². The molecule has 480 valence electrons. The van der Waals surface area contributed by atoms with Crippen LogP contribution >= 0.6 is 34.0 Å². The van der Waals surface area contributed by atoms with Crippen LogP contribution in [0.4, 0.5) is 0 Å². The molecular weight excluding hydrogens is 1270 g/mol. The van der Waals surface area contributed by atoms with Crippen LogP contribution in [0.2, 0.25) is 0 Å². The van der Waals surface area contributed by atoms with E-state index in [2.05, 4.69) is 14.2 Å². The number of carbonyl (C=O) groups excluding carboxylic acids is 6. The van der Waals surface area contributed by atoms with Gasteiger partial charge in [-0.3, -0.25) is 28.8 Å². The number of phenolic OH excluding ortho intramolecular Hbond substituents is 3. The lowest BCUT2D eigenvalue weighted by atomic mass is 9.94. The van der Waals surface area contributed by atoms with Crippen LogP contribution < -0.4 is 14.2 Å². The monoisotopic (exact) mass is 1330 g/mol. The molecule has 0 fully saturated rings. The maximum absolute atomic E-state index is 13.7. The standard InChI is InChI=1S/3C26H20O5S/c2*1-16-3-9-21(17(2)13-16)25(29)26-24(22-10-6-19(28)14-23(22)32-26)18-4-7-20(8-5-18)31-12-11-30-15-27;1-16-4-3-5-17(2)23(16)25(29)26-24(21-11-8-19(28)14-22(21)32-26)18-6-9-20(10-7-18)31-13-12-30-15-27/h3*3-15,28H,1-2H3/b2*12-11+;13-12+. The molecule has 15 nitrogen and oxygen atoms in total. The Kier molecular flexibility index (Phi) is 21.6.